The lowest BCUT2D eigenvalue weighted by Gasteiger charge is -2.22. The zero-order valence-corrected chi connectivity index (χ0v) is 12.1. The van der Waals surface area contributed by atoms with Crippen molar-refractivity contribution in [2.75, 3.05) is 19.5 Å². The Labute approximate surface area is 116 Å². The average Bonchev–Trinajstić information content (AvgIpc) is 2.41. The third-order valence-corrected chi connectivity index (χ3v) is 3.83. The van der Waals surface area contributed by atoms with Crippen LogP contribution in [-0.2, 0) is 0 Å². The van der Waals surface area contributed by atoms with Crippen LogP contribution < -0.4 is 14.8 Å². The van der Waals surface area contributed by atoms with E-state index in [4.69, 9.17) is 9.47 Å². The first-order chi connectivity index (χ1) is 9.31. The summed E-state index contributed by atoms with van der Waals surface area (Å²) < 4.78 is 10.6. The van der Waals surface area contributed by atoms with E-state index in [9.17, 15) is 0 Å². The van der Waals surface area contributed by atoms with Gasteiger partial charge in [-0.2, -0.15) is 0 Å². The molecule has 2 rings (SSSR count). The number of nitrogens with one attached hydrogen (secondary N) is 1. The van der Waals surface area contributed by atoms with Gasteiger partial charge in [0.1, 0.15) is 11.5 Å². The molecule has 0 aromatic heterocycles. The quantitative estimate of drug-likeness (QED) is 0.882. The fourth-order valence-corrected chi connectivity index (χ4v) is 2.73. The molecule has 3 heteroatoms. The first-order valence-electron chi connectivity index (χ1n) is 7.31. The van der Waals surface area contributed by atoms with Gasteiger partial charge in [0.05, 0.1) is 14.2 Å². The van der Waals surface area contributed by atoms with E-state index in [1.54, 1.807) is 14.2 Å². The summed E-state index contributed by atoms with van der Waals surface area (Å²) in [5.41, 5.74) is 1.10. The van der Waals surface area contributed by atoms with Crippen LogP contribution in [0.25, 0.3) is 0 Å². The lowest BCUT2D eigenvalue weighted by Crippen LogP contribution is -2.20. The van der Waals surface area contributed by atoms with Crippen molar-refractivity contribution in [3.05, 3.63) is 18.2 Å². The Balaban J connectivity index is 2.03. The molecule has 0 atom stereocenters. The topological polar surface area (TPSA) is 30.5 Å². The smallest absolute Gasteiger partial charge is 0.124 e. The molecule has 0 spiro atoms. The Morgan fingerprint density at radius 1 is 0.842 bits per heavy atom. The number of ether oxygens (including phenoxy) is 2. The van der Waals surface area contributed by atoms with Gasteiger partial charge in [-0.05, 0) is 12.8 Å². The number of hydrogen-bond donors (Lipinski definition) is 1. The van der Waals surface area contributed by atoms with Crippen LogP contribution in [0.1, 0.15) is 44.9 Å². The van der Waals surface area contributed by atoms with Gasteiger partial charge in [0.2, 0.25) is 0 Å². The Morgan fingerprint density at radius 3 is 1.89 bits per heavy atom. The van der Waals surface area contributed by atoms with E-state index in [2.05, 4.69) is 5.32 Å². The molecule has 1 aliphatic carbocycles. The SMILES string of the molecule is COc1cc(NC2CCCCCCC2)cc(OC)c1. The van der Waals surface area contributed by atoms with Crippen LogP contribution >= 0.6 is 0 Å². The van der Waals surface area contributed by atoms with Gasteiger partial charge >= 0.3 is 0 Å². The average molecular weight is 263 g/mol. The number of anilines is 1. The number of hydrogen-bond acceptors (Lipinski definition) is 3. The van der Waals surface area contributed by atoms with Crippen LogP contribution in [0.5, 0.6) is 11.5 Å². The first kappa shape index (κ1) is 14.0. The normalized spacial score (nSPS) is 17.4. The van der Waals surface area contributed by atoms with E-state index in [0.29, 0.717) is 6.04 Å². The van der Waals surface area contributed by atoms with Crippen molar-refractivity contribution in [2.24, 2.45) is 0 Å². The van der Waals surface area contributed by atoms with Gasteiger partial charge in [-0.25, -0.2) is 0 Å². The second kappa shape index (κ2) is 7.27. The predicted molar refractivity (Wildman–Crippen MR) is 79.3 cm³/mol. The Kier molecular flexibility index (Phi) is 5.37. The fraction of sp³-hybridized carbons (Fsp3) is 0.625. The van der Waals surface area contributed by atoms with Gasteiger partial charge in [0.15, 0.2) is 0 Å². The Hall–Kier alpha value is -1.38. The van der Waals surface area contributed by atoms with Crippen LogP contribution in [0, 0.1) is 0 Å². The lowest BCUT2D eigenvalue weighted by atomic mass is 9.96. The van der Waals surface area contributed by atoms with Gasteiger partial charge < -0.3 is 14.8 Å². The highest BCUT2D eigenvalue weighted by molar-refractivity contribution is 5.54. The maximum atomic E-state index is 5.31. The molecule has 19 heavy (non-hydrogen) atoms. The van der Waals surface area contributed by atoms with Crippen LogP contribution in [0.2, 0.25) is 0 Å². The van der Waals surface area contributed by atoms with Crippen LogP contribution in [0.15, 0.2) is 18.2 Å². The molecule has 1 N–H and O–H groups in total. The van der Waals surface area contributed by atoms with Crippen LogP contribution in [0.3, 0.4) is 0 Å². The summed E-state index contributed by atoms with van der Waals surface area (Å²) in [6.07, 6.45) is 9.34. The molecular formula is C16H25NO2. The third-order valence-electron chi connectivity index (χ3n) is 3.83. The molecule has 0 saturated heterocycles. The second-order valence-corrected chi connectivity index (χ2v) is 5.29. The summed E-state index contributed by atoms with van der Waals surface area (Å²) in [5, 5.41) is 3.64. The molecule has 1 aromatic carbocycles. The number of rotatable bonds is 4. The summed E-state index contributed by atoms with van der Waals surface area (Å²) in [6.45, 7) is 0. The Bertz CT molecular complexity index is 362. The molecule has 0 heterocycles. The van der Waals surface area contributed by atoms with E-state index in [1.165, 1.54) is 44.9 Å². The fourth-order valence-electron chi connectivity index (χ4n) is 2.73. The minimum Gasteiger partial charge on any atom is -0.497 e. The van der Waals surface area contributed by atoms with Gasteiger partial charge in [0.25, 0.3) is 0 Å². The predicted octanol–water partition coefficient (Wildman–Crippen LogP) is 4.23. The lowest BCUT2D eigenvalue weighted by molar-refractivity contribution is 0.394. The highest BCUT2D eigenvalue weighted by Crippen LogP contribution is 2.28. The molecule has 0 amide bonds. The van der Waals surface area contributed by atoms with Crippen molar-refractivity contribution in [1.29, 1.82) is 0 Å². The first-order valence-corrected chi connectivity index (χ1v) is 7.31. The van der Waals surface area contributed by atoms with Crippen molar-refractivity contribution < 1.29 is 9.47 Å². The summed E-state index contributed by atoms with van der Waals surface area (Å²) in [5.74, 6) is 1.68. The number of benzene rings is 1. The van der Waals surface area contributed by atoms with Gasteiger partial charge in [-0.15, -0.1) is 0 Å². The molecule has 1 fully saturated rings. The minimum atomic E-state index is 0.581. The number of methoxy groups -OCH3 is 2. The van der Waals surface area contributed by atoms with Gasteiger partial charge in [-0.1, -0.05) is 32.1 Å². The molecule has 1 aliphatic rings. The zero-order valence-electron chi connectivity index (χ0n) is 12.1. The summed E-state index contributed by atoms with van der Waals surface area (Å²) in [4.78, 5) is 0. The summed E-state index contributed by atoms with van der Waals surface area (Å²) in [7, 11) is 3.38. The molecule has 1 aromatic rings. The highest BCUT2D eigenvalue weighted by atomic mass is 16.5. The van der Waals surface area contributed by atoms with E-state index in [1.807, 2.05) is 18.2 Å². The van der Waals surface area contributed by atoms with Crippen LogP contribution in [-0.4, -0.2) is 20.3 Å². The van der Waals surface area contributed by atoms with Crippen molar-refractivity contribution in [3.8, 4) is 11.5 Å². The highest BCUT2D eigenvalue weighted by Gasteiger charge is 2.12. The van der Waals surface area contributed by atoms with Crippen molar-refractivity contribution in [1.82, 2.24) is 0 Å². The van der Waals surface area contributed by atoms with Gasteiger partial charge in [-0.3, -0.25) is 0 Å². The maximum absolute atomic E-state index is 5.31. The van der Waals surface area contributed by atoms with Crippen molar-refractivity contribution in [2.45, 2.75) is 51.0 Å². The van der Waals surface area contributed by atoms with E-state index < -0.39 is 0 Å². The van der Waals surface area contributed by atoms with Crippen molar-refractivity contribution in [3.63, 3.8) is 0 Å². The second-order valence-electron chi connectivity index (χ2n) is 5.29. The Morgan fingerprint density at radius 2 is 1.37 bits per heavy atom. The van der Waals surface area contributed by atoms with Crippen molar-refractivity contribution >= 4 is 5.69 Å². The van der Waals surface area contributed by atoms with Crippen LogP contribution in [0.4, 0.5) is 5.69 Å². The standard InChI is InChI=1S/C16H25NO2/c1-18-15-10-14(11-16(12-15)19-2)17-13-8-6-4-3-5-7-9-13/h10-13,17H,3-9H2,1-2H3. The molecular weight excluding hydrogens is 238 g/mol. The molecule has 0 aliphatic heterocycles. The van der Waals surface area contributed by atoms with E-state index in [0.717, 1.165) is 17.2 Å². The molecule has 106 valence electrons. The largest absolute Gasteiger partial charge is 0.497 e. The minimum absolute atomic E-state index is 0.581. The van der Waals surface area contributed by atoms with Gasteiger partial charge in [0, 0.05) is 29.9 Å². The summed E-state index contributed by atoms with van der Waals surface area (Å²) in [6, 6.07) is 6.57. The monoisotopic (exact) mass is 263 g/mol. The molecule has 0 unspecified atom stereocenters. The molecule has 0 bridgehead atoms. The molecule has 3 nitrogen and oxygen atoms in total. The molecule has 0 radical (unpaired) electrons. The zero-order chi connectivity index (χ0) is 13.5. The maximum Gasteiger partial charge on any atom is 0.124 e. The third kappa shape index (κ3) is 4.34. The molecule has 1 saturated carbocycles. The summed E-state index contributed by atoms with van der Waals surface area (Å²) >= 11 is 0. The van der Waals surface area contributed by atoms with E-state index >= 15 is 0 Å². The van der Waals surface area contributed by atoms with E-state index in [-0.39, 0.29) is 0 Å².